The van der Waals surface area contributed by atoms with Crippen molar-refractivity contribution < 1.29 is 28.5 Å². The van der Waals surface area contributed by atoms with Crippen LogP contribution in [0.3, 0.4) is 0 Å². The van der Waals surface area contributed by atoms with E-state index in [0.29, 0.717) is 45.0 Å². The zero-order valence-corrected chi connectivity index (χ0v) is 18.1. The van der Waals surface area contributed by atoms with Crippen LogP contribution in [0.25, 0.3) is 16.3 Å². The lowest BCUT2D eigenvalue weighted by Gasteiger charge is -2.12. The zero-order chi connectivity index (χ0) is 21.7. The molecule has 0 saturated heterocycles. The maximum Gasteiger partial charge on any atom is 0.250 e. The van der Waals surface area contributed by atoms with Crippen molar-refractivity contribution in [2.75, 3.05) is 40.9 Å². The molecule has 3 rings (SSSR count). The fourth-order valence-corrected chi connectivity index (χ4v) is 3.83. The summed E-state index contributed by atoms with van der Waals surface area (Å²) in [6.07, 6.45) is 3.05. The van der Waals surface area contributed by atoms with Crippen LogP contribution in [0, 0.1) is 0 Å². The van der Waals surface area contributed by atoms with Crippen molar-refractivity contribution in [3.05, 3.63) is 35.9 Å². The third kappa shape index (κ3) is 4.25. The number of amides is 1. The van der Waals surface area contributed by atoms with Crippen LogP contribution < -0.4 is 29.0 Å². The SMILES string of the molecule is COc1cc(/C=C/C(=O)Nc2nc3c(OC)ccc(OC)c3s2)cc(OC)c1OC. The van der Waals surface area contributed by atoms with Crippen molar-refractivity contribution in [3.63, 3.8) is 0 Å². The Morgan fingerprint density at radius 3 is 2.07 bits per heavy atom. The van der Waals surface area contributed by atoms with E-state index in [2.05, 4.69) is 10.3 Å². The molecule has 0 aliphatic carbocycles. The zero-order valence-electron chi connectivity index (χ0n) is 17.3. The maximum absolute atomic E-state index is 12.4. The van der Waals surface area contributed by atoms with E-state index in [-0.39, 0.29) is 5.91 Å². The van der Waals surface area contributed by atoms with Crippen LogP contribution in [0.5, 0.6) is 28.7 Å². The Kier molecular flexibility index (Phi) is 6.63. The monoisotopic (exact) mass is 430 g/mol. The van der Waals surface area contributed by atoms with Gasteiger partial charge < -0.3 is 23.7 Å². The van der Waals surface area contributed by atoms with Gasteiger partial charge in [-0.2, -0.15) is 0 Å². The summed E-state index contributed by atoms with van der Waals surface area (Å²) in [7, 11) is 7.75. The average molecular weight is 430 g/mol. The highest BCUT2D eigenvalue weighted by molar-refractivity contribution is 7.22. The van der Waals surface area contributed by atoms with Crippen molar-refractivity contribution >= 4 is 38.7 Å². The summed E-state index contributed by atoms with van der Waals surface area (Å²) in [4.78, 5) is 16.9. The van der Waals surface area contributed by atoms with Crippen LogP contribution in [-0.4, -0.2) is 46.4 Å². The summed E-state index contributed by atoms with van der Waals surface area (Å²) in [6, 6.07) is 7.07. The summed E-state index contributed by atoms with van der Waals surface area (Å²) in [5.74, 6) is 2.43. The van der Waals surface area contributed by atoms with Crippen LogP contribution in [0.2, 0.25) is 0 Å². The number of hydrogen-bond acceptors (Lipinski definition) is 8. The van der Waals surface area contributed by atoms with Gasteiger partial charge in [0, 0.05) is 6.08 Å². The Labute approximate surface area is 178 Å². The van der Waals surface area contributed by atoms with Gasteiger partial charge in [-0.15, -0.1) is 0 Å². The van der Waals surface area contributed by atoms with Crippen LogP contribution >= 0.6 is 11.3 Å². The van der Waals surface area contributed by atoms with Gasteiger partial charge in [0.1, 0.15) is 21.7 Å². The smallest absolute Gasteiger partial charge is 0.250 e. The molecule has 2 aromatic carbocycles. The number of thiazole rings is 1. The Hall–Kier alpha value is -3.46. The molecular formula is C21H22N2O6S. The Balaban J connectivity index is 1.83. The van der Waals surface area contributed by atoms with Gasteiger partial charge in [-0.25, -0.2) is 4.98 Å². The van der Waals surface area contributed by atoms with Crippen molar-refractivity contribution in [1.29, 1.82) is 0 Å². The van der Waals surface area contributed by atoms with E-state index >= 15 is 0 Å². The standard InChI is InChI=1S/C21H22N2O6S/c1-25-13-7-8-14(26-2)20-18(13)23-21(30-20)22-17(24)9-6-12-10-15(27-3)19(29-5)16(11-12)28-4/h6-11H,1-5H3,(H,22,23,24)/b9-6+. The number of benzene rings is 2. The Morgan fingerprint density at radius 1 is 0.900 bits per heavy atom. The average Bonchev–Trinajstić information content (AvgIpc) is 3.19. The Bertz CT molecular complexity index is 1030. The second kappa shape index (κ2) is 9.36. The fourth-order valence-electron chi connectivity index (χ4n) is 2.86. The molecule has 0 spiro atoms. The van der Waals surface area contributed by atoms with Gasteiger partial charge in [0.05, 0.1) is 35.5 Å². The number of hydrogen-bond donors (Lipinski definition) is 1. The number of ether oxygens (including phenoxy) is 5. The lowest BCUT2D eigenvalue weighted by Crippen LogP contribution is -2.07. The van der Waals surface area contributed by atoms with E-state index in [1.807, 2.05) is 0 Å². The minimum absolute atomic E-state index is 0.333. The van der Waals surface area contributed by atoms with Gasteiger partial charge in [0.25, 0.3) is 0 Å². The third-order valence-electron chi connectivity index (χ3n) is 4.25. The number of anilines is 1. The highest BCUT2D eigenvalue weighted by atomic mass is 32.1. The first kappa shape index (κ1) is 21.3. The van der Waals surface area contributed by atoms with Crippen LogP contribution in [0.1, 0.15) is 5.56 Å². The molecule has 30 heavy (non-hydrogen) atoms. The molecule has 8 nitrogen and oxygen atoms in total. The molecular weight excluding hydrogens is 408 g/mol. The van der Waals surface area contributed by atoms with Crippen molar-refractivity contribution in [2.24, 2.45) is 0 Å². The van der Waals surface area contributed by atoms with Crippen LogP contribution in [0.4, 0.5) is 5.13 Å². The Morgan fingerprint density at radius 2 is 1.50 bits per heavy atom. The van der Waals surface area contributed by atoms with Gasteiger partial charge in [0.15, 0.2) is 16.6 Å². The van der Waals surface area contributed by atoms with E-state index in [1.165, 1.54) is 38.7 Å². The molecule has 1 heterocycles. The van der Waals surface area contributed by atoms with E-state index in [0.717, 1.165) is 4.70 Å². The van der Waals surface area contributed by atoms with E-state index in [4.69, 9.17) is 23.7 Å². The maximum atomic E-state index is 12.4. The van der Waals surface area contributed by atoms with Gasteiger partial charge in [-0.05, 0) is 35.9 Å². The molecule has 0 aliphatic heterocycles. The molecule has 0 fully saturated rings. The molecule has 9 heteroatoms. The van der Waals surface area contributed by atoms with Crippen molar-refractivity contribution in [3.8, 4) is 28.7 Å². The number of carbonyl (C=O) groups is 1. The minimum atomic E-state index is -0.333. The highest BCUT2D eigenvalue weighted by Gasteiger charge is 2.15. The summed E-state index contributed by atoms with van der Waals surface area (Å²) in [6.45, 7) is 0. The largest absolute Gasteiger partial charge is 0.495 e. The van der Waals surface area contributed by atoms with E-state index < -0.39 is 0 Å². The number of rotatable bonds is 8. The predicted octanol–water partition coefficient (Wildman–Crippen LogP) is 3.99. The first-order valence-electron chi connectivity index (χ1n) is 8.85. The van der Waals surface area contributed by atoms with Crippen LogP contribution in [0.15, 0.2) is 30.3 Å². The topological polar surface area (TPSA) is 88.1 Å². The number of nitrogens with one attached hydrogen (secondary N) is 1. The van der Waals surface area contributed by atoms with Crippen molar-refractivity contribution in [2.45, 2.75) is 0 Å². The molecule has 0 unspecified atom stereocenters. The molecule has 1 amide bonds. The molecule has 0 aliphatic rings. The van der Waals surface area contributed by atoms with E-state index in [1.54, 1.807) is 44.6 Å². The second-order valence-electron chi connectivity index (χ2n) is 5.95. The molecule has 158 valence electrons. The summed E-state index contributed by atoms with van der Waals surface area (Å²) >= 11 is 1.31. The number of methoxy groups -OCH3 is 5. The summed E-state index contributed by atoms with van der Waals surface area (Å²) < 4.78 is 27.5. The quantitative estimate of drug-likeness (QED) is 0.541. The van der Waals surface area contributed by atoms with Crippen molar-refractivity contribution in [1.82, 2.24) is 4.98 Å². The fraction of sp³-hybridized carbons (Fsp3) is 0.238. The van der Waals surface area contributed by atoms with Gasteiger partial charge in [-0.3, -0.25) is 10.1 Å². The molecule has 0 bridgehead atoms. The molecule has 0 radical (unpaired) electrons. The summed E-state index contributed by atoms with van der Waals surface area (Å²) in [5, 5.41) is 3.20. The van der Waals surface area contributed by atoms with Gasteiger partial charge in [0.2, 0.25) is 11.7 Å². The number of carbonyl (C=O) groups excluding carboxylic acids is 1. The number of fused-ring (bicyclic) bond motifs is 1. The second-order valence-corrected chi connectivity index (χ2v) is 6.95. The van der Waals surface area contributed by atoms with E-state index in [9.17, 15) is 4.79 Å². The number of nitrogens with zero attached hydrogens (tertiary/aromatic N) is 1. The molecule has 3 aromatic rings. The lowest BCUT2D eigenvalue weighted by molar-refractivity contribution is -0.111. The van der Waals surface area contributed by atoms with Gasteiger partial charge in [-0.1, -0.05) is 11.3 Å². The molecule has 0 saturated carbocycles. The van der Waals surface area contributed by atoms with Crippen LogP contribution in [-0.2, 0) is 4.79 Å². The summed E-state index contributed by atoms with van der Waals surface area (Å²) in [5.41, 5.74) is 1.35. The molecule has 0 atom stereocenters. The lowest BCUT2D eigenvalue weighted by atomic mass is 10.1. The minimum Gasteiger partial charge on any atom is -0.495 e. The highest BCUT2D eigenvalue weighted by Crippen LogP contribution is 2.39. The first-order chi connectivity index (χ1) is 14.5. The predicted molar refractivity (Wildman–Crippen MR) is 116 cm³/mol. The third-order valence-corrected chi connectivity index (χ3v) is 5.24. The molecule has 1 aromatic heterocycles. The number of aromatic nitrogens is 1. The van der Waals surface area contributed by atoms with Gasteiger partial charge >= 0.3 is 0 Å². The first-order valence-corrected chi connectivity index (χ1v) is 9.66. The normalized spacial score (nSPS) is 10.8. The molecule has 1 N–H and O–H groups in total.